The van der Waals surface area contributed by atoms with Gasteiger partial charge in [0, 0.05) is 56.3 Å². The van der Waals surface area contributed by atoms with Crippen LogP contribution in [0.4, 0.5) is 0 Å². The molecule has 88 heavy (non-hydrogen) atoms. The molecule has 1 rings (SSSR count). The number of carbonyl (C=O) groups excluding carboxylic acids is 12. The van der Waals surface area contributed by atoms with E-state index < -0.39 is 162 Å². The molecule has 0 spiro atoms. The molecule has 24 nitrogen and oxygen atoms in total. The molecule has 1 fully saturated rings. The van der Waals surface area contributed by atoms with Crippen molar-refractivity contribution in [2.24, 2.45) is 41.4 Å². The number of nitrogens with one attached hydrogen (secondary N) is 4. The zero-order valence-electron chi connectivity index (χ0n) is 57.9. The van der Waals surface area contributed by atoms with E-state index in [2.05, 4.69) is 21.3 Å². The van der Waals surface area contributed by atoms with Crippen molar-refractivity contribution in [3.63, 3.8) is 0 Å². The summed E-state index contributed by atoms with van der Waals surface area (Å²) in [5, 5.41) is 11.0. The smallest absolute Gasteiger partial charge is 0.303 e. The molecular weight excluding hydrogens is 1130 g/mol. The number of nitrogens with zero attached hydrogens (tertiary/aromatic N) is 7. The van der Waals surface area contributed by atoms with Crippen molar-refractivity contribution in [2.75, 3.05) is 55.9 Å². The highest BCUT2D eigenvalue weighted by atomic mass is 16.5. The third kappa shape index (κ3) is 22.5. The monoisotopic (exact) mass is 1240 g/mol. The predicted molar refractivity (Wildman–Crippen MR) is 338 cm³/mol. The fourth-order valence-electron chi connectivity index (χ4n) is 11.0. The molecule has 12 atom stereocenters. The summed E-state index contributed by atoms with van der Waals surface area (Å²) < 4.78 is 5.93. The molecule has 0 saturated carbocycles. The van der Waals surface area contributed by atoms with Gasteiger partial charge < -0.3 is 60.3 Å². The van der Waals surface area contributed by atoms with Gasteiger partial charge in [-0.1, -0.05) is 109 Å². The molecule has 24 heteroatoms. The Kier molecular flexibility index (Phi) is 32.6. The molecule has 11 amide bonds. The van der Waals surface area contributed by atoms with Crippen LogP contribution < -0.4 is 21.3 Å². The van der Waals surface area contributed by atoms with Gasteiger partial charge in [0.05, 0.1) is 6.54 Å². The summed E-state index contributed by atoms with van der Waals surface area (Å²) in [5.74, 6) is -10.7. The molecule has 1 saturated heterocycles. The van der Waals surface area contributed by atoms with Crippen molar-refractivity contribution in [3.8, 4) is 0 Å². The van der Waals surface area contributed by atoms with Gasteiger partial charge in [0.2, 0.25) is 65.0 Å². The van der Waals surface area contributed by atoms with Crippen LogP contribution >= 0.6 is 0 Å². The number of carbonyl (C=O) groups is 12. The maximum atomic E-state index is 15.4. The predicted octanol–water partition coefficient (Wildman–Crippen LogP) is 3.84. The van der Waals surface area contributed by atoms with E-state index in [0.29, 0.717) is 6.42 Å². The molecule has 1 aliphatic rings. The van der Waals surface area contributed by atoms with E-state index in [1.54, 1.807) is 54.5 Å². The Morgan fingerprint density at radius 1 is 0.489 bits per heavy atom. The van der Waals surface area contributed by atoms with E-state index in [1.165, 1.54) is 94.6 Å². The van der Waals surface area contributed by atoms with Gasteiger partial charge in [-0.25, -0.2) is 0 Å². The van der Waals surface area contributed by atoms with Crippen LogP contribution in [0.5, 0.6) is 0 Å². The van der Waals surface area contributed by atoms with Gasteiger partial charge in [-0.15, -0.1) is 0 Å². The van der Waals surface area contributed by atoms with Crippen molar-refractivity contribution in [3.05, 3.63) is 12.2 Å². The van der Waals surface area contributed by atoms with Crippen LogP contribution in [0, 0.1) is 41.4 Å². The Balaban J connectivity index is 4.43. The molecule has 0 aromatic carbocycles. The lowest BCUT2D eigenvalue weighted by atomic mass is 9.91. The second-order valence-corrected chi connectivity index (χ2v) is 26.7. The van der Waals surface area contributed by atoms with Crippen molar-refractivity contribution in [1.29, 1.82) is 0 Å². The number of rotatable bonds is 16. The van der Waals surface area contributed by atoms with Gasteiger partial charge in [-0.05, 0) is 101 Å². The molecule has 1 aliphatic heterocycles. The summed E-state index contributed by atoms with van der Waals surface area (Å²) in [4.78, 5) is 183. The van der Waals surface area contributed by atoms with Gasteiger partial charge in [0.1, 0.15) is 66.5 Å². The van der Waals surface area contributed by atoms with Crippen molar-refractivity contribution in [2.45, 2.75) is 230 Å². The summed E-state index contributed by atoms with van der Waals surface area (Å²) >= 11 is 0. The molecule has 0 unspecified atom stereocenters. The molecule has 0 aromatic rings. The van der Waals surface area contributed by atoms with Crippen LogP contribution in [-0.4, -0.2) is 228 Å². The van der Waals surface area contributed by atoms with E-state index in [0.717, 1.165) is 9.80 Å². The lowest BCUT2D eigenvalue weighted by Gasteiger charge is -2.42. The number of hydrogen-bond donors (Lipinski definition) is 4. The quantitative estimate of drug-likeness (QED) is 0.126. The van der Waals surface area contributed by atoms with Gasteiger partial charge >= 0.3 is 5.97 Å². The maximum Gasteiger partial charge on any atom is 0.303 e. The number of hydrogen-bond acceptors (Lipinski definition) is 13. The van der Waals surface area contributed by atoms with Crippen LogP contribution in [0.25, 0.3) is 0 Å². The number of amides is 11. The summed E-state index contributed by atoms with van der Waals surface area (Å²) in [7, 11) is 9.89. The van der Waals surface area contributed by atoms with Crippen LogP contribution in [0.1, 0.15) is 163 Å². The van der Waals surface area contributed by atoms with Crippen molar-refractivity contribution < 1.29 is 62.3 Å². The summed E-state index contributed by atoms with van der Waals surface area (Å²) in [6.07, 6.45) is 3.15. The Hall–Kier alpha value is -6.62. The summed E-state index contributed by atoms with van der Waals surface area (Å²) in [6.45, 7) is 30.4. The fraction of sp³-hybridized carbons (Fsp3) is 0.781. The van der Waals surface area contributed by atoms with Gasteiger partial charge in [0.25, 0.3) is 0 Å². The zero-order valence-corrected chi connectivity index (χ0v) is 57.9. The number of ether oxygens (including phenoxy) is 1. The minimum absolute atomic E-state index is 0.00279. The Bertz CT molecular complexity index is 2450. The Morgan fingerprint density at radius 2 is 0.909 bits per heavy atom. The molecule has 502 valence electrons. The average molecular weight is 1240 g/mol. The van der Waals surface area contributed by atoms with Crippen molar-refractivity contribution >= 4 is 70.9 Å². The Labute approximate surface area is 526 Å². The van der Waals surface area contributed by atoms with E-state index >= 15 is 19.2 Å². The normalized spacial score (nSPS) is 26.3. The number of likely N-dealkylation sites (N-methyl/N-ethyl adjacent to an activating group) is 7. The second kappa shape index (κ2) is 36.1. The minimum atomic E-state index is -1.61. The summed E-state index contributed by atoms with van der Waals surface area (Å²) in [6, 6.07) is -12.5. The summed E-state index contributed by atoms with van der Waals surface area (Å²) in [5.41, 5.74) is 0. The van der Waals surface area contributed by atoms with Crippen molar-refractivity contribution in [1.82, 2.24) is 55.6 Å². The second-order valence-electron chi connectivity index (χ2n) is 26.7. The highest BCUT2D eigenvalue weighted by Gasteiger charge is 2.47. The highest BCUT2D eigenvalue weighted by molar-refractivity contribution is 5.99. The standard InChI is InChI=1S/C64H113N11O13/c1-26-28-29-41(15)54(88-44(18)76)53-58(81)67-45(27-2)60(83)69(19)34-50(77)70(20)46(30-35(3)4)57(80)68-51(39(11)12)63(86)71(21)47(31-36(5)6)56(79)65-42(16)55(78)66-43(17)59(82)72(22)48(32-37(7)8)61(84)73(23)49(33-38(9)10)62(85)74(24)52(40(13)14)64(87)75(53)25/h26,28,35-43,45-49,51-54H,27,29-34H2,1-25H3,(H,65,79)(H,66,78)(H,67,81)(H,68,80)/t41-,42+,43-,45+,46-,47+,48-,49-,51+,52+,53+,54-/m1/s1. The third-order valence-electron chi connectivity index (χ3n) is 16.3. The first-order chi connectivity index (χ1) is 40.6. The first kappa shape index (κ1) is 79.4. The third-order valence-corrected chi connectivity index (χ3v) is 16.3. The largest absolute Gasteiger partial charge is 0.459 e. The van der Waals surface area contributed by atoms with Crippen LogP contribution in [-0.2, 0) is 62.3 Å². The topological polar surface area (TPSA) is 285 Å². The molecule has 0 bridgehead atoms. The molecule has 0 aliphatic carbocycles. The van der Waals surface area contributed by atoms with Crippen LogP contribution in [0.2, 0.25) is 0 Å². The Morgan fingerprint density at radius 3 is 1.35 bits per heavy atom. The molecule has 1 heterocycles. The highest BCUT2D eigenvalue weighted by Crippen LogP contribution is 2.27. The first-order valence-electron chi connectivity index (χ1n) is 31.4. The van der Waals surface area contributed by atoms with E-state index in [4.69, 9.17) is 4.74 Å². The molecule has 0 radical (unpaired) electrons. The maximum absolute atomic E-state index is 15.4. The minimum Gasteiger partial charge on any atom is -0.459 e. The lowest BCUT2D eigenvalue weighted by Crippen LogP contribution is -2.64. The van der Waals surface area contributed by atoms with Gasteiger partial charge in [0.15, 0.2) is 0 Å². The van der Waals surface area contributed by atoms with Gasteiger partial charge in [-0.2, -0.15) is 0 Å². The van der Waals surface area contributed by atoms with E-state index in [1.807, 2.05) is 61.5 Å². The van der Waals surface area contributed by atoms with E-state index in [-0.39, 0.29) is 55.8 Å². The number of allylic oxidation sites excluding steroid dienone is 2. The van der Waals surface area contributed by atoms with E-state index in [9.17, 15) is 38.4 Å². The van der Waals surface area contributed by atoms with Crippen LogP contribution in [0.3, 0.4) is 0 Å². The fourth-order valence-corrected chi connectivity index (χ4v) is 11.0. The van der Waals surface area contributed by atoms with Crippen LogP contribution in [0.15, 0.2) is 12.2 Å². The molecule has 0 aromatic heterocycles. The SMILES string of the molecule is CC=CC[C@@H](C)[C@@H](OC(C)=O)[C@H]1C(=O)N[C@@H](CC)C(=O)N(C)CC(=O)N(C)[C@H](CC(C)C)C(=O)N[C@@H](C(C)C)C(=O)N(C)[C@@H](CC(C)C)C(=O)N[C@@H](C)C(=O)N[C@H](C)C(=O)N(C)[C@H](CC(C)C)C(=O)N(C)[C@H](CC(C)C)C(=O)N(C)[C@@H](C(C)C)C(=O)N1C. The molecular formula is C64H113N11O13. The first-order valence-corrected chi connectivity index (χ1v) is 31.4. The number of esters is 1. The lowest BCUT2D eigenvalue weighted by molar-refractivity contribution is -0.164. The average Bonchev–Trinajstić information content (AvgIpc) is 2.69. The van der Waals surface area contributed by atoms with Gasteiger partial charge in [-0.3, -0.25) is 57.5 Å². The zero-order chi connectivity index (χ0) is 68.3. The molecule has 4 N–H and O–H groups in total.